The Kier molecular flexibility index (Phi) is 5.41. The molecule has 1 fully saturated rings. The summed E-state index contributed by atoms with van der Waals surface area (Å²) < 4.78 is 29.8. The van der Waals surface area contributed by atoms with Crippen LogP contribution in [-0.4, -0.2) is 50.4 Å². The number of hydrogen-bond acceptors (Lipinski definition) is 7. The Morgan fingerprint density at radius 3 is 2.71 bits per heavy atom. The van der Waals surface area contributed by atoms with Crippen LogP contribution in [0.25, 0.3) is 0 Å². The lowest BCUT2D eigenvalue weighted by Gasteiger charge is -2.18. The Labute approximate surface area is 165 Å². The van der Waals surface area contributed by atoms with E-state index < -0.39 is 27.5 Å². The molecular formula is C17H19N3O6S2. The number of hydrogen-bond donors (Lipinski definition) is 2. The van der Waals surface area contributed by atoms with E-state index in [9.17, 15) is 22.8 Å². The number of nitrogens with zero attached hydrogens (tertiary/aromatic N) is 1. The molecule has 1 aliphatic heterocycles. The van der Waals surface area contributed by atoms with Crippen molar-refractivity contribution >= 4 is 39.1 Å². The molecule has 11 heteroatoms. The van der Waals surface area contributed by atoms with Gasteiger partial charge in [0.15, 0.2) is 11.3 Å². The minimum atomic E-state index is -3.27. The van der Waals surface area contributed by atoms with E-state index in [1.54, 1.807) is 24.3 Å². The molecular weight excluding hydrogens is 406 g/mol. The fourth-order valence-corrected chi connectivity index (χ4v) is 4.22. The number of rotatable bonds is 8. The van der Waals surface area contributed by atoms with Crippen molar-refractivity contribution < 1.29 is 27.2 Å². The first-order valence-electron chi connectivity index (χ1n) is 8.35. The predicted octanol–water partition coefficient (Wildman–Crippen LogP) is 1.08. The summed E-state index contributed by atoms with van der Waals surface area (Å²) in [5, 5.41) is 2.57. The van der Waals surface area contributed by atoms with Crippen molar-refractivity contribution in [3.63, 3.8) is 0 Å². The Balaban J connectivity index is 1.65. The molecule has 0 bridgehead atoms. The molecule has 3 heterocycles. The Bertz CT molecular complexity index is 1010. The minimum absolute atomic E-state index is 0.224. The van der Waals surface area contributed by atoms with Gasteiger partial charge in [-0.3, -0.25) is 14.5 Å². The Hall–Kier alpha value is -2.50. The molecule has 3 amide bonds. The van der Waals surface area contributed by atoms with Gasteiger partial charge in [0.05, 0.1) is 23.9 Å². The number of ketones is 1. The number of urea groups is 1. The van der Waals surface area contributed by atoms with Crippen molar-refractivity contribution in [2.75, 3.05) is 19.3 Å². The average Bonchev–Trinajstić information content (AvgIpc) is 3.32. The maximum Gasteiger partial charge on any atom is 0.325 e. The van der Waals surface area contributed by atoms with Crippen molar-refractivity contribution in [3.05, 3.63) is 46.0 Å². The maximum absolute atomic E-state index is 12.7. The zero-order valence-electron chi connectivity index (χ0n) is 15.2. The quantitative estimate of drug-likeness (QED) is 0.482. The highest BCUT2D eigenvalue weighted by Gasteiger charge is 2.51. The van der Waals surface area contributed by atoms with Crippen molar-refractivity contribution in [3.8, 4) is 0 Å². The summed E-state index contributed by atoms with van der Waals surface area (Å²) in [5.74, 6) is -0.646. The molecule has 150 valence electrons. The third-order valence-electron chi connectivity index (χ3n) is 4.26. The standard InChI is InChI=1S/C17H19N3O6S2/c1-17(14-4-3-9-26-14)15(22)20(16(23)19-17)10-12(21)13-6-5-11(27-13)7-8-18-28(2,24)25/h3-6,9,18H,7-8,10H2,1-2H3,(H,19,23). The Morgan fingerprint density at radius 2 is 2.07 bits per heavy atom. The van der Waals surface area contributed by atoms with Gasteiger partial charge in [-0.05, 0) is 37.6 Å². The molecule has 3 rings (SSSR count). The van der Waals surface area contributed by atoms with Crippen molar-refractivity contribution in [1.29, 1.82) is 0 Å². The lowest BCUT2D eigenvalue weighted by Crippen LogP contribution is -2.41. The summed E-state index contributed by atoms with van der Waals surface area (Å²) in [6.45, 7) is 1.36. The van der Waals surface area contributed by atoms with E-state index in [2.05, 4.69) is 10.0 Å². The molecule has 1 saturated heterocycles. The molecule has 9 nitrogen and oxygen atoms in total. The highest BCUT2D eigenvalue weighted by atomic mass is 32.2. The molecule has 1 aliphatic rings. The van der Waals surface area contributed by atoms with Crippen LogP contribution in [0, 0.1) is 0 Å². The largest absolute Gasteiger partial charge is 0.466 e. The normalized spacial score (nSPS) is 19.9. The van der Waals surface area contributed by atoms with Gasteiger partial charge in [0.1, 0.15) is 5.76 Å². The van der Waals surface area contributed by atoms with Crippen LogP contribution < -0.4 is 10.0 Å². The van der Waals surface area contributed by atoms with Crippen LogP contribution in [0.5, 0.6) is 0 Å². The lowest BCUT2D eigenvalue weighted by atomic mass is 9.99. The fourth-order valence-electron chi connectivity index (χ4n) is 2.81. The zero-order valence-corrected chi connectivity index (χ0v) is 16.9. The van der Waals surface area contributed by atoms with Gasteiger partial charge in [-0.1, -0.05) is 0 Å². The molecule has 1 unspecified atom stereocenters. The van der Waals surface area contributed by atoms with Gasteiger partial charge in [-0.15, -0.1) is 11.3 Å². The Morgan fingerprint density at radius 1 is 1.32 bits per heavy atom. The third-order valence-corrected chi connectivity index (χ3v) is 6.18. The maximum atomic E-state index is 12.7. The van der Waals surface area contributed by atoms with Crippen LogP contribution in [0.3, 0.4) is 0 Å². The molecule has 2 aromatic rings. The summed E-state index contributed by atoms with van der Waals surface area (Å²) in [7, 11) is -3.27. The third kappa shape index (κ3) is 4.16. The molecule has 28 heavy (non-hydrogen) atoms. The summed E-state index contributed by atoms with van der Waals surface area (Å²) in [6.07, 6.45) is 2.91. The number of carbonyl (C=O) groups is 3. The monoisotopic (exact) mass is 425 g/mol. The number of furan rings is 1. The topological polar surface area (TPSA) is 126 Å². The van der Waals surface area contributed by atoms with Crippen molar-refractivity contribution in [1.82, 2.24) is 14.9 Å². The number of amides is 3. The van der Waals surface area contributed by atoms with E-state index in [1.165, 1.54) is 24.5 Å². The van der Waals surface area contributed by atoms with E-state index in [-0.39, 0.29) is 24.6 Å². The molecule has 0 saturated carbocycles. The van der Waals surface area contributed by atoms with Gasteiger partial charge >= 0.3 is 6.03 Å². The van der Waals surface area contributed by atoms with E-state index in [0.717, 1.165) is 16.0 Å². The molecule has 0 spiro atoms. The van der Waals surface area contributed by atoms with Crippen LogP contribution in [0.1, 0.15) is 27.2 Å². The second-order valence-corrected chi connectivity index (χ2v) is 9.53. The molecule has 0 aliphatic carbocycles. The molecule has 0 aromatic carbocycles. The van der Waals surface area contributed by atoms with E-state index in [1.807, 2.05) is 0 Å². The summed E-state index contributed by atoms with van der Waals surface area (Å²) in [5.41, 5.74) is -1.35. The number of Topliss-reactive ketones (excluding diaryl/α,β-unsaturated/α-hetero) is 1. The SMILES string of the molecule is CC1(c2ccco2)NC(=O)N(CC(=O)c2ccc(CCNS(C)(=O)=O)s2)C1=O. The first-order valence-corrected chi connectivity index (χ1v) is 11.1. The van der Waals surface area contributed by atoms with Crippen LogP contribution in [0.15, 0.2) is 34.9 Å². The number of sulfonamides is 1. The van der Waals surface area contributed by atoms with E-state index >= 15 is 0 Å². The zero-order chi connectivity index (χ0) is 20.5. The van der Waals surface area contributed by atoms with Gasteiger partial charge in [0, 0.05) is 11.4 Å². The van der Waals surface area contributed by atoms with Gasteiger partial charge in [-0.2, -0.15) is 0 Å². The van der Waals surface area contributed by atoms with Crippen LogP contribution >= 0.6 is 11.3 Å². The van der Waals surface area contributed by atoms with Crippen LogP contribution in [-0.2, 0) is 26.8 Å². The van der Waals surface area contributed by atoms with Gasteiger partial charge in [0.25, 0.3) is 5.91 Å². The second-order valence-electron chi connectivity index (χ2n) is 6.53. The molecule has 2 aromatic heterocycles. The summed E-state index contributed by atoms with van der Waals surface area (Å²) in [6, 6.07) is 5.86. The van der Waals surface area contributed by atoms with E-state index in [4.69, 9.17) is 4.42 Å². The number of carbonyl (C=O) groups excluding carboxylic acids is 3. The number of imide groups is 1. The summed E-state index contributed by atoms with van der Waals surface area (Å²) in [4.78, 5) is 39.6. The summed E-state index contributed by atoms with van der Waals surface area (Å²) >= 11 is 1.20. The van der Waals surface area contributed by atoms with Gasteiger partial charge in [0.2, 0.25) is 10.0 Å². The first-order chi connectivity index (χ1) is 13.1. The average molecular weight is 425 g/mol. The second kappa shape index (κ2) is 7.49. The van der Waals surface area contributed by atoms with Crippen LogP contribution in [0.2, 0.25) is 0 Å². The lowest BCUT2D eigenvalue weighted by molar-refractivity contribution is -0.131. The highest BCUT2D eigenvalue weighted by Crippen LogP contribution is 2.29. The van der Waals surface area contributed by atoms with Crippen LogP contribution in [0.4, 0.5) is 4.79 Å². The smallest absolute Gasteiger partial charge is 0.325 e. The predicted molar refractivity (Wildman–Crippen MR) is 102 cm³/mol. The molecule has 0 radical (unpaired) electrons. The molecule has 2 N–H and O–H groups in total. The van der Waals surface area contributed by atoms with Crippen molar-refractivity contribution in [2.45, 2.75) is 18.9 Å². The van der Waals surface area contributed by atoms with E-state index in [0.29, 0.717) is 11.3 Å². The van der Waals surface area contributed by atoms with Crippen molar-refractivity contribution in [2.24, 2.45) is 0 Å². The minimum Gasteiger partial charge on any atom is -0.466 e. The first kappa shape index (κ1) is 20.2. The van der Waals surface area contributed by atoms with Gasteiger partial charge in [-0.25, -0.2) is 17.9 Å². The highest BCUT2D eigenvalue weighted by molar-refractivity contribution is 7.88. The fraction of sp³-hybridized carbons (Fsp3) is 0.353. The number of thiophene rings is 1. The van der Waals surface area contributed by atoms with Gasteiger partial charge < -0.3 is 9.73 Å². The molecule has 1 atom stereocenters. The number of nitrogens with one attached hydrogen (secondary N) is 2.